The van der Waals surface area contributed by atoms with E-state index < -0.39 is 18.1 Å². The number of aromatic nitrogens is 4. The molecule has 0 amide bonds. The lowest BCUT2D eigenvalue weighted by Crippen LogP contribution is -2.12. The number of nitrogens with zero attached hydrogens (tertiary/aromatic N) is 4. The van der Waals surface area contributed by atoms with Gasteiger partial charge in [0, 0.05) is 0 Å². The molecular formula is C24H20F2N4O3. The maximum absolute atomic E-state index is 13.5. The average Bonchev–Trinajstić information content (AvgIpc) is 3.21. The maximum Gasteiger partial charge on any atom is 0.335 e. The first kappa shape index (κ1) is 21.0. The first-order chi connectivity index (χ1) is 15.8. The highest BCUT2D eigenvalue weighted by atomic mass is 19.3. The third-order valence-electron chi connectivity index (χ3n) is 6.12. The number of hydrogen-bond donors (Lipinski definition) is 1. The summed E-state index contributed by atoms with van der Waals surface area (Å²) < 4.78 is 33.8. The molecule has 4 aromatic rings. The highest BCUT2D eigenvalue weighted by Crippen LogP contribution is 2.53. The van der Waals surface area contributed by atoms with Crippen molar-refractivity contribution < 1.29 is 23.2 Å². The van der Waals surface area contributed by atoms with Gasteiger partial charge in [0.25, 0.3) is 12.3 Å². The Morgan fingerprint density at radius 2 is 1.88 bits per heavy atom. The van der Waals surface area contributed by atoms with Gasteiger partial charge in [0.05, 0.1) is 16.7 Å². The monoisotopic (exact) mass is 450 g/mol. The quantitative estimate of drug-likeness (QED) is 0.431. The van der Waals surface area contributed by atoms with E-state index in [0.717, 1.165) is 24.0 Å². The van der Waals surface area contributed by atoms with Crippen molar-refractivity contribution in [2.24, 2.45) is 0 Å². The van der Waals surface area contributed by atoms with Gasteiger partial charge < -0.3 is 9.63 Å². The van der Waals surface area contributed by atoms with E-state index in [1.54, 1.807) is 13.0 Å². The van der Waals surface area contributed by atoms with E-state index >= 15 is 0 Å². The van der Waals surface area contributed by atoms with Crippen LogP contribution in [0.2, 0.25) is 0 Å². The van der Waals surface area contributed by atoms with E-state index in [-0.39, 0.29) is 22.6 Å². The Morgan fingerprint density at radius 1 is 1.12 bits per heavy atom. The molecule has 2 aromatic heterocycles. The second-order valence-corrected chi connectivity index (χ2v) is 8.29. The minimum absolute atomic E-state index is 0.0734. The highest BCUT2D eigenvalue weighted by molar-refractivity contribution is 5.89. The molecular weight excluding hydrogens is 430 g/mol. The van der Waals surface area contributed by atoms with Crippen molar-refractivity contribution >= 4 is 5.97 Å². The van der Waals surface area contributed by atoms with Gasteiger partial charge in [-0.25, -0.2) is 18.3 Å². The van der Waals surface area contributed by atoms with E-state index in [0.29, 0.717) is 17.1 Å². The molecule has 0 spiro atoms. The highest BCUT2D eigenvalue weighted by Gasteiger charge is 2.50. The number of carboxylic acid groups (broad SMARTS) is 1. The van der Waals surface area contributed by atoms with Crippen LogP contribution in [-0.4, -0.2) is 31.0 Å². The predicted molar refractivity (Wildman–Crippen MR) is 115 cm³/mol. The molecule has 7 nitrogen and oxygen atoms in total. The minimum atomic E-state index is -2.80. The summed E-state index contributed by atoms with van der Waals surface area (Å²) in [6.07, 6.45) is -1.06. The molecule has 0 bridgehead atoms. The zero-order chi connectivity index (χ0) is 23.3. The molecule has 1 fully saturated rings. The Kier molecular flexibility index (Phi) is 4.84. The van der Waals surface area contributed by atoms with Crippen molar-refractivity contribution in [1.29, 1.82) is 0 Å². The Balaban J connectivity index is 1.59. The minimum Gasteiger partial charge on any atom is -0.478 e. The van der Waals surface area contributed by atoms with Crippen LogP contribution in [0.1, 0.15) is 57.8 Å². The zero-order valence-electron chi connectivity index (χ0n) is 17.9. The van der Waals surface area contributed by atoms with Gasteiger partial charge in [-0.1, -0.05) is 29.4 Å². The van der Waals surface area contributed by atoms with E-state index in [4.69, 9.17) is 4.52 Å². The number of carboxylic acids is 1. The summed E-state index contributed by atoms with van der Waals surface area (Å²) in [6.45, 7) is 3.66. The zero-order valence-corrected chi connectivity index (χ0v) is 17.9. The van der Waals surface area contributed by atoms with Crippen LogP contribution in [0.5, 0.6) is 0 Å². The lowest BCUT2D eigenvalue weighted by Gasteiger charge is -2.13. The SMILES string of the molecule is Cc1cc(-n2nc(C(F)F)cc2-c2nc(C3(c4ccccc4C)CC3)no2)ccc1C(=O)O. The number of halogens is 2. The van der Waals surface area contributed by atoms with Gasteiger partial charge in [-0.2, -0.15) is 10.1 Å². The van der Waals surface area contributed by atoms with Crippen LogP contribution in [0.25, 0.3) is 17.3 Å². The lowest BCUT2D eigenvalue weighted by atomic mass is 9.91. The van der Waals surface area contributed by atoms with Gasteiger partial charge in [0.2, 0.25) is 0 Å². The Labute approximate surface area is 187 Å². The largest absolute Gasteiger partial charge is 0.478 e. The van der Waals surface area contributed by atoms with E-state index in [9.17, 15) is 18.7 Å². The Bertz CT molecular complexity index is 1370. The molecule has 2 heterocycles. The standard InChI is InChI=1S/C24H20F2N4O3/c1-13-5-3-4-6-17(13)24(9-10-24)23-27-21(33-29-23)19-12-18(20(25)26)28-30(19)15-7-8-16(22(31)32)14(2)11-15/h3-8,11-12,20H,9-10H2,1-2H3,(H,31,32). The molecule has 2 aromatic carbocycles. The second-order valence-electron chi connectivity index (χ2n) is 8.29. The molecule has 1 aliphatic rings. The molecule has 0 unspecified atom stereocenters. The molecule has 1 N–H and O–H groups in total. The van der Waals surface area contributed by atoms with E-state index in [1.807, 2.05) is 31.2 Å². The smallest absolute Gasteiger partial charge is 0.335 e. The fourth-order valence-electron chi connectivity index (χ4n) is 4.24. The first-order valence-corrected chi connectivity index (χ1v) is 10.4. The summed E-state index contributed by atoms with van der Waals surface area (Å²) in [6, 6.07) is 13.7. The molecule has 1 aliphatic carbocycles. The number of alkyl halides is 2. The first-order valence-electron chi connectivity index (χ1n) is 10.4. The Morgan fingerprint density at radius 3 is 2.52 bits per heavy atom. The molecule has 0 saturated heterocycles. The summed E-state index contributed by atoms with van der Waals surface area (Å²) in [5, 5.41) is 17.5. The number of carbonyl (C=O) groups is 1. The van der Waals surface area contributed by atoms with Gasteiger partial charge in [-0.15, -0.1) is 0 Å². The van der Waals surface area contributed by atoms with Crippen molar-refractivity contribution in [3.05, 3.63) is 82.3 Å². The van der Waals surface area contributed by atoms with Crippen molar-refractivity contribution in [2.45, 2.75) is 38.5 Å². The molecule has 0 radical (unpaired) electrons. The third-order valence-corrected chi connectivity index (χ3v) is 6.12. The molecule has 33 heavy (non-hydrogen) atoms. The molecule has 5 rings (SSSR count). The average molecular weight is 450 g/mol. The summed E-state index contributed by atoms with van der Waals surface area (Å²) in [5.41, 5.74) is 2.69. The lowest BCUT2D eigenvalue weighted by molar-refractivity contribution is 0.0696. The molecule has 9 heteroatoms. The number of aromatic carboxylic acids is 1. The normalized spacial score (nSPS) is 14.6. The summed E-state index contributed by atoms with van der Waals surface area (Å²) in [5.74, 6) is -0.486. The van der Waals surface area contributed by atoms with Crippen LogP contribution in [0.3, 0.4) is 0 Å². The van der Waals surface area contributed by atoms with Crippen molar-refractivity contribution in [3.63, 3.8) is 0 Å². The van der Waals surface area contributed by atoms with Gasteiger partial charge >= 0.3 is 5.97 Å². The van der Waals surface area contributed by atoms with Crippen molar-refractivity contribution in [3.8, 4) is 17.3 Å². The van der Waals surface area contributed by atoms with Crippen LogP contribution in [0.4, 0.5) is 8.78 Å². The summed E-state index contributed by atoms with van der Waals surface area (Å²) >= 11 is 0. The van der Waals surface area contributed by atoms with Crippen LogP contribution in [0.15, 0.2) is 53.1 Å². The van der Waals surface area contributed by atoms with E-state index in [2.05, 4.69) is 15.2 Å². The molecule has 0 atom stereocenters. The number of benzene rings is 2. The molecule has 168 valence electrons. The summed E-state index contributed by atoms with van der Waals surface area (Å²) in [7, 11) is 0. The maximum atomic E-state index is 13.5. The van der Waals surface area contributed by atoms with Gasteiger partial charge in [-0.3, -0.25) is 0 Å². The molecule has 0 aliphatic heterocycles. The number of hydrogen-bond acceptors (Lipinski definition) is 5. The fraction of sp³-hybridized carbons (Fsp3) is 0.250. The van der Waals surface area contributed by atoms with Crippen molar-refractivity contribution in [2.75, 3.05) is 0 Å². The van der Waals surface area contributed by atoms with Crippen molar-refractivity contribution in [1.82, 2.24) is 19.9 Å². The van der Waals surface area contributed by atoms with Gasteiger partial charge in [0.1, 0.15) is 11.4 Å². The van der Waals surface area contributed by atoms with E-state index in [1.165, 1.54) is 22.9 Å². The Hall–Kier alpha value is -3.88. The number of rotatable bonds is 6. The predicted octanol–water partition coefficient (Wildman–Crippen LogP) is 5.25. The van der Waals surface area contributed by atoms with Gasteiger partial charge in [-0.05, 0) is 67.6 Å². The van der Waals surface area contributed by atoms with Crippen LogP contribution in [0, 0.1) is 13.8 Å². The van der Waals surface area contributed by atoms with Crippen LogP contribution >= 0.6 is 0 Å². The number of aryl methyl sites for hydroxylation is 2. The van der Waals surface area contributed by atoms with Crippen LogP contribution < -0.4 is 0 Å². The second kappa shape index (κ2) is 7.61. The topological polar surface area (TPSA) is 94.0 Å². The van der Waals surface area contributed by atoms with Crippen LogP contribution in [-0.2, 0) is 5.41 Å². The summed E-state index contributed by atoms with van der Waals surface area (Å²) in [4.78, 5) is 15.9. The third kappa shape index (κ3) is 3.49. The van der Waals surface area contributed by atoms with Gasteiger partial charge in [0.15, 0.2) is 5.82 Å². The molecule has 1 saturated carbocycles. The fourth-order valence-corrected chi connectivity index (χ4v) is 4.24.